The van der Waals surface area contributed by atoms with Crippen LogP contribution in [0.15, 0.2) is 34.9 Å². The lowest BCUT2D eigenvalue weighted by Gasteiger charge is -2.02. The van der Waals surface area contributed by atoms with E-state index in [1.165, 1.54) is 30.5 Å². The fourth-order valence-electron chi connectivity index (χ4n) is 1.48. The van der Waals surface area contributed by atoms with Crippen molar-refractivity contribution in [3.05, 3.63) is 57.6 Å². The molecule has 0 aliphatic carbocycles. The molecule has 0 saturated carbocycles. The van der Waals surface area contributed by atoms with Gasteiger partial charge in [0.2, 0.25) is 0 Å². The number of hydrogen-bond donors (Lipinski definition) is 2. The van der Waals surface area contributed by atoms with Crippen LogP contribution < -0.4 is 0 Å². The molecule has 0 radical (unpaired) electrons. The molecule has 0 saturated heterocycles. The molecule has 0 amide bonds. The van der Waals surface area contributed by atoms with E-state index in [9.17, 15) is 14.0 Å². The summed E-state index contributed by atoms with van der Waals surface area (Å²) in [4.78, 5) is 25.2. The number of nitrogens with one attached hydrogen (secondary N) is 1. The molecule has 18 heavy (non-hydrogen) atoms. The van der Waals surface area contributed by atoms with Crippen molar-refractivity contribution in [2.24, 2.45) is 0 Å². The van der Waals surface area contributed by atoms with E-state index < -0.39 is 17.6 Å². The minimum absolute atomic E-state index is 0.0630. The highest BCUT2D eigenvalue weighted by atomic mass is 79.9. The number of carboxylic acid groups (broad SMARTS) is 1. The smallest absolute Gasteiger partial charge is 0.352 e. The van der Waals surface area contributed by atoms with Crippen LogP contribution in [0.4, 0.5) is 4.39 Å². The fraction of sp³-hybridized carbons (Fsp3) is 0. The van der Waals surface area contributed by atoms with Gasteiger partial charge in [-0.1, -0.05) is 6.07 Å². The first-order valence-corrected chi connectivity index (χ1v) is 5.70. The molecule has 1 heterocycles. The van der Waals surface area contributed by atoms with Gasteiger partial charge in [-0.2, -0.15) is 0 Å². The SMILES string of the molecule is O=C(O)c1cc(C(=O)c2cccc(F)c2Br)c[nH]1. The average Bonchev–Trinajstić information content (AvgIpc) is 2.81. The number of carboxylic acids is 1. The molecule has 2 aromatic rings. The van der Waals surface area contributed by atoms with Gasteiger partial charge >= 0.3 is 5.97 Å². The van der Waals surface area contributed by atoms with Crippen molar-refractivity contribution in [2.45, 2.75) is 0 Å². The highest BCUT2D eigenvalue weighted by Gasteiger charge is 2.17. The molecule has 0 bridgehead atoms. The fourth-order valence-corrected chi connectivity index (χ4v) is 1.93. The van der Waals surface area contributed by atoms with Gasteiger partial charge < -0.3 is 10.1 Å². The topological polar surface area (TPSA) is 70.2 Å². The third-order valence-electron chi connectivity index (χ3n) is 2.37. The molecule has 0 aliphatic rings. The Hall–Kier alpha value is -1.95. The zero-order chi connectivity index (χ0) is 13.3. The quantitative estimate of drug-likeness (QED) is 0.856. The van der Waals surface area contributed by atoms with Crippen LogP contribution in [0.3, 0.4) is 0 Å². The van der Waals surface area contributed by atoms with Gasteiger partial charge in [-0.15, -0.1) is 0 Å². The second-order valence-electron chi connectivity index (χ2n) is 3.54. The Balaban J connectivity index is 2.41. The molecule has 4 nitrogen and oxygen atoms in total. The summed E-state index contributed by atoms with van der Waals surface area (Å²) in [6.45, 7) is 0. The summed E-state index contributed by atoms with van der Waals surface area (Å²) >= 11 is 2.99. The zero-order valence-corrected chi connectivity index (χ0v) is 10.5. The third kappa shape index (κ3) is 2.19. The molecular formula is C12H7BrFNO3. The molecule has 2 N–H and O–H groups in total. The molecule has 0 spiro atoms. The number of carbonyl (C=O) groups is 2. The van der Waals surface area contributed by atoms with E-state index in [1.807, 2.05) is 0 Å². The Morgan fingerprint density at radius 1 is 1.33 bits per heavy atom. The van der Waals surface area contributed by atoms with Crippen LogP contribution in [0.5, 0.6) is 0 Å². The summed E-state index contributed by atoms with van der Waals surface area (Å²) in [6.07, 6.45) is 1.28. The second-order valence-corrected chi connectivity index (χ2v) is 4.33. The maximum Gasteiger partial charge on any atom is 0.352 e. The van der Waals surface area contributed by atoms with Gasteiger partial charge in [0.25, 0.3) is 0 Å². The molecule has 2 rings (SSSR count). The van der Waals surface area contributed by atoms with Gasteiger partial charge in [-0.3, -0.25) is 4.79 Å². The number of ketones is 1. The summed E-state index contributed by atoms with van der Waals surface area (Å²) in [6, 6.07) is 5.31. The van der Waals surface area contributed by atoms with Gasteiger partial charge in [0.15, 0.2) is 5.78 Å². The van der Waals surface area contributed by atoms with Gasteiger partial charge in [-0.05, 0) is 34.1 Å². The van der Waals surface area contributed by atoms with E-state index in [0.717, 1.165) is 0 Å². The number of benzene rings is 1. The first-order valence-electron chi connectivity index (χ1n) is 4.91. The molecule has 6 heteroatoms. The first kappa shape index (κ1) is 12.5. The molecule has 1 aromatic heterocycles. The maximum absolute atomic E-state index is 13.3. The molecule has 92 valence electrons. The summed E-state index contributed by atoms with van der Waals surface area (Å²) in [5, 5.41) is 8.74. The van der Waals surface area contributed by atoms with E-state index >= 15 is 0 Å². The molecule has 0 fully saturated rings. The normalized spacial score (nSPS) is 10.3. The van der Waals surface area contributed by atoms with E-state index in [-0.39, 0.29) is 21.3 Å². The van der Waals surface area contributed by atoms with Crippen molar-refractivity contribution in [3.63, 3.8) is 0 Å². The predicted molar refractivity (Wildman–Crippen MR) is 65.3 cm³/mol. The highest BCUT2D eigenvalue weighted by Crippen LogP contribution is 2.23. The van der Waals surface area contributed by atoms with Gasteiger partial charge in [0.05, 0.1) is 4.47 Å². The molecule has 0 aliphatic heterocycles. The Kier molecular flexibility index (Phi) is 3.29. The van der Waals surface area contributed by atoms with Crippen LogP contribution in [-0.4, -0.2) is 21.8 Å². The van der Waals surface area contributed by atoms with Crippen LogP contribution in [-0.2, 0) is 0 Å². The number of aromatic carboxylic acids is 1. The Morgan fingerprint density at radius 3 is 2.67 bits per heavy atom. The molecular weight excluding hydrogens is 305 g/mol. The predicted octanol–water partition coefficient (Wildman–Crippen LogP) is 2.85. The number of rotatable bonds is 3. The van der Waals surface area contributed by atoms with Gasteiger partial charge in [-0.25, -0.2) is 9.18 Å². The van der Waals surface area contributed by atoms with Crippen molar-refractivity contribution in [1.29, 1.82) is 0 Å². The minimum atomic E-state index is -1.16. The number of aromatic nitrogens is 1. The van der Waals surface area contributed by atoms with E-state index in [2.05, 4.69) is 20.9 Å². The Labute approximate surface area is 110 Å². The Bertz CT molecular complexity index is 636. The lowest BCUT2D eigenvalue weighted by molar-refractivity contribution is 0.0691. The second kappa shape index (κ2) is 4.73. The van der Waals surface area contributed by atoms with Crippen LogP contribution >= 0.6 is 15.9 Å². The summed E-state index contributed by atoms with van der Waals surface area (Å²) in [5.41, 5.74) is 0.218. The molecule has 0 unspecified atom stereocenters. The molecule has 1 aromatic carbocycles. The largest absolute Gasteiger partial charge is 0.477 e. The van der Waals surface area contributed by atoms with Crippen LogP contribution in [0.25, 0.3) is 0 Å². The summed E-state index contributed by atoms with van der Waals surface area (Å²) < 4.78 is 13.4. The van der Waals surface area contributed by atoms with Crippen molar-refractivity contribution in [2.75, 3.05) is 0 Å². The lowest BCUT2D eigenvalue weighted by atomic mass is 10.1. The van der Waals surface area contributed by atoms with Crippen LogP contribution in [0.1, 0.15) is 26.4 Å². The van der Waals surface area contributed by atoms with E-state index in [1.54, 1.807) is 0 Å². The van der Waals surface area contributed by atoms with Crippen molar-refractivity contribution < 1.29 is 19.1 Å². The average molecular weight is 312 g/mol. The van der Waals surface area contributed by atoms with Gasteiger partial charge in [0.1, 0.15) is 11.5 Å². The highest BCUT2D eigenvalue weighted by molar-refractivity contribution is 9.10. The van der Waals surface area contributed by atoms with Crippen molar-refractivity contribution in [3.8, 4) is 0 Å². The number of hydrogen-bond acceptors (Lipinski definition) is 2. The molecule has 0 atom stereocenters. The zero-order valence-electron chi connectivity index (χ0n) is 8.91. The Morgan fingerprint density at radius 2 is 2.06 bits per heavy atom. The standard InChI is InChI=1S/C12H7BrFNO3/c13-10-7(2-1-3-8(10)14)11(16)6-4-9(12(17)18)15-5-6/h1-5,15H,(H,17,18). The third-order valence-corrected chi connectivity index (χ3v) is 3.18. The summed E-state index contributed by atoms with van der Waals surface area (Å²) in [5.74, 6) is -2.16. The minimum Gasteiger partial charge on any atom is -0.477 e. The van der Waals surface area contributed by atoms with E-state index in [0.29, 0.717) is 0 Å². The number of H-pyrrole nitrogens is 1. The van der Waals surface area contributed by atoms with Crippen LogP contribution in [0.2, 0.25) is 0 Å². The van der Waals surface area contributed by atoms with Crippen molar-refractivity contribution >= 4 is 27.7 Å². The maximum atomic E-state index is 13.3. The lowest BCUT2D eigenvalue weighted by Crippen LogP contribution is -2.02. The summed E-state index contributed by atoms with van der Waals surface area (Å²) in [7, 11) is 0. The number of halogens is 2. The van der Waals surface area contributed by atoms with Gasteiger partial charge in [0, 0.05) is 17.3 Å². The van der Waals surface area contributed by atoms with Crippen LogP contribution in [0, 0.1) is 5.82 Å². The monoisotopic (exact) mass is 311 g/mol. The number of carbonyl (C=O) groups excluding carboxylic acids is 1. The first-order chi connectivity index (χ1) is 8.50. The number of aromatic amines is 1. The van der Waals surface area contributed by atoms with Crippen molar-refractivity contribution in [1.82, 2.24) is 4.98 Å². The van der Waals surface area contributed by atoms with E-state index in [4.69, 9.17) is 5.11 Å².